The fourth-order valence-corrected chi connectivity index (χ4v) is 2.18. The van der Waals surface area contributed by atoms with Crippen LogP contribution in [0.15, 0.2) is 0 Å². The SMILES string of the molecule is CC(C)CN1C(=O)SCC1C. The van der Waals surface area contributed by atoms with Gasteiger partial charge in [0.15, 0.2) is 0 Å². The number of nitrogens with zero attached hydrogens (tertiary/aromatic N) is 1. The first-order valence-corrected chi connectivity index (χ1v) is 5.03. The van der Waals surface area contributed by atoms with Crippen LogP contribution in [0, 0.1) is 5.92 Å². The van der Waals surface area contributed by atoms with Gasteiger partial charge in [-0.25, -0.2) is 0 Å². The quantitative estimate of drug-likeness (QED) is 0.638. The van der Waals surface area contributed by atoms with Crippen molar-refractivity contribution in [3.8, 4) is 0 Å². The first-order chi connectivity index (χ1) is 5.11. The number of thioether (sulfide) groups is 1. The molecule has 1 aliphatic rings. The molecule has 0 aromatic heterocycles. The average molecular weight is 173 g/mol. The Morgan fingerprint density at radius 2 is 2.36 bits per heavy atom. The van der Waals surface area contributed by atoms with E-state index >= 15 is 0 Å². The van der Waals surface area contributed by atoms with Gasteiger partial charge in [-0.2, -0.15) is 0 Å². The fourth-order valence-electron chi connectivity index (χ4n) is 1.19. The monoisotopic (exact) mass is 173 g/mol. The van der Waals surface area contributed by atoms with Crippen LogP contribution in [0.4, 0.5) is 4.79 Å². The summed E-state index contributed by atoms with van der Waals surface area (Å²) >= 11 is 1.44. The number of carbonyl (C=O) groups is 1. The Balaban J connectivity index is 2.48. The maximum atomic E-state index is 11.2. The van der Waals surface area contributed by atoms with E-state index < -0.39 is 0 Å². The highest BCUT2D eigenvalue weighted by atomic mass is 32.2. The predicted molar refractivity (Wildman–Crippen MR) is 48.9 cm³/mol. The van der Waals surface area contributed by atoms with Crippen molar-refractivity contribution < 1.29 is 4.79 Å². The molecule has 3 heteroatoms. The van der Waals surface area contributed by atoms with Crippen LogP contribution in [0.2, 0.25) is 0 Å². The Morgan fingerprint density at radius 3 is 2.73 bits per heavy atom. The normalized spacial score (nSPS) is 25.3. The van der Waals surface area contributed by atoms with Crippen molar-refractivity contribution >= 4 is 17.0 Å². The highest BCUT2D eigenvalue weighted by molar-refractivity contribution is 8.13. The van der Waals surface area contributed by atoms with Crippen LogP contribution in [0.5, 0.6) is 0 Å². The second kappa shape index (κ2) is 3.48. The van der Waals surface area contributed by atoms with Gasteiger partial charge in [-0.3, -0.25) is 4.79 Å². The first-order valence-electron chi connectivity index (χ1n) is 4.04. The van der Waals surface area contributed by atoms with Gasteiger partial charge in [0.1, 0.15) is 0 Å². The molecule has 0 aromatic carbocycles. The zero-order valence-electron chi connectivity index (χ0n) is 7.33. The molecule has 0 saturated carbocycles. The summed E-state index contributed by atoms with van der Waals surface area (Å²) in [6.45, 7) is 7.30. The molecular formula is C8H15NOS. The van der Waals surface area contributed by atoms with Crippen molar-refractivity contribution in [1.29, 1.82) is 0 Å². The third-order valence-corrected chi connectivity index (χ3v) is 2.91. The molecule has 1 aliphatic heterocycles. The summed E-state index contributed by atoms with van der Waals surface area (Å²) in [4.78, 5) is 13.2. The van der Waals surface area contributed by atoms with E-state index in [1.807, 2.05) is 4.90 Å². The lowest BCUT2D eigenvalue weighted by molar-refractivity contribution is 0.206. The van der Waals surface area contributed by atoms with Crippen molar-refractivity contribution in [3.05, 3.63) is 0 Å². The van der Waals surface area contributed by atoms with Gasteiger partial charge in [0.2, 0.25) is 0 Å². The average Bonchev–Trinajstić information content (AvgIpc) is 2.18. The van der Waals surface area contributed by atoms with E-state index in [-0.39, 0.29) is 5.24 Å². The molecule has 64 valence electrons. The van der Waals surface area contributed by atoms with Gasteiger partial charge in [0.25, 0.3) is 5.24 Å². The van der Waals surface area contributed by atoms with E-state index in [0.717, 1.165) is 12.3 Å². The second-order valence-electron chi connectivity index (χ2n) is 3.47. The minimum atomic E-state index is 0.256. The van der Waals surface area contributed by atoms with Gasteiger partial charge < -0.3 is 4.90 Å². The predicted octanol–water partition coefficient (Wildman–Crippen LogP) is 2.20. The molecule has 0 aromatic rings. The van der Waals surface area contributed by atoms with Crippen LogP contribution >= 0.6 is 11.8 Å². The highest BCUT2D eigenvalue weighted by Crippen LogP contribution is 2.23. The number of amides is 1. The number of rotatable bonds is 2. The third kappa shape index (κ3) is 2.12. The fraction of sp³-hybridized carbons (Fsp3) is 0.875. The van der Waals surface area contributed by atoms with E-state index in [4.69, 9.17) is 0 Å². The zero-order valence-corrected chi connectivity index (χ0v) is 8.15. The molecule has 1 amide bonds. The van der Waals surface area contributed by atoms with Gasteiger partial charge in [-0.15, -0.1) is 0 Å². The Bertz CT molecular complexity index is 158. The van der Waals surface area contributed by atoms with Gasteiger partial charge in [0, 0.05) is 18.3 Å². The number of hydrogen-bond acceptors (Lipinski definition) is 2. The molecule has 0 bridgehead atoms. The number of carbonyl (C=O) groups excluding carboxylic acids is 1. The van der Waals surface area contributed by atoms with E-state index in [1.54, 1.807) is 0 Å². The van der Waals surface area contributed by atoms with Crippen molar-refractivity contribution in [2.75, 3.05) is 12.3 Å². The maximum Gasteiger partial charge on any atom is 0.281 e. The molecule has 0 spiro atoms. The summed E-state index contributed by atoms with van der Waals surface area (Å²) in [5.74, 6) is 1.55. The summed E-state index contributed by atoms with van der Waals surface area (Å²) < 4.78 is 0. The van der Waals surface area contributed by atoms with E-state index in [9.17, 15) is 4.79 Å². The Labute approximate surface area is 72.3 Å². The molecule has 1 atom stereocenters. The van der Waals surface area contributed by atoms with Crippen molar-refractivity contribution in [2.24, 2.45) is 5.92 Å². The molecule has 1 rings (SSSR count). The second-order valence-corrected chi connectivity index (χ2v) is 4.44. The van der Waals surface area contributed by atoms with Gasteiger partial charge >= 0.3 is 0 Å². The van der Waals surface area contributed by atoms with Crippen molar-refractivity contribution in [1.82, 2.24) is 4.90 Å². The van der Waals surface area contributed by atoms with Crippen LogP contribution in [-0.4, -0.2) is 28.5 Å². The minimum Gasteiger partial charge on any atom is -0.330 e. The van der Waals surface area contributed by atoms with Crippen LogP contribution in [0.25, 0.3) is 0 Å². The molecule has 0 radical (unpaired) electrons. The third-order valence-electron chi connectivity index (χ3n) is 1.78. The van der Waals surface area contributed by atoms with Crippen molar-refractivity contribution in [2.45, 2.75) is 26.8 Å². The topological polar surface area (TPSA) is 20.3 Å². The van der Waals surface area contributed by atoms with Gasteiger partial charge in [-0.1, -0.05) is 25.6 Å². The van der Waals surface area contributed by atoms with Crippen molar-refractivity contribution in [3.63, 3.8) is 0 Å². The lowest BCUT2D eigenvalue weighted by atomic mass is 10.2. The Kier molecular flexibility index (Phi) is 2.82. The minimum absolute atomic E-state index is 0.256. The van der Waals surface area contributed by atoms with Gasteiger partial charge in [-0.05, 0) is 12.8 Å². The molecular weight excluding hydrogens is 158 g/mol. The molecule has 0 aliphatic carbocycles. The largest absolute Gasteiger partial charge is 0.330 e. The lowest BCUT2D eigenvalue weighted by Gasteiger charge is -2.22. The molecule has 0 N–H and O–H groups in total. The summed E-state index contributed by atoms with van der Waals surface area (Å²) in [5.41, 5.74) is 0. The van der Waals surface area contributed by atoms with Crippen LogP contribution in [0.3, 0.4) is 0 Å². The Morgan fingerprint density at radius 1 is 1.73 bits per heavy atom. The van der Waals surface area contributed by atoms with Crippen LogP contribution in [-0.2, 0) is 0 Å². The van der Waals surface area contributed by atoms with Crippen LogP contribution in [0.1, 0.15) is 20.8 Å². The molecule has 1 saturated heterocycles. The summed E-state index contributed by atoms with van der Waals surface area (Å²) in [5, 5.41) is 0.256. The number of hydrogen-bond donors (Lipinski definition) is 0. The van der Waals surface area contributed by atoms with E-state index in [0.29, 0.717) is 12.0 Å². The standard InChI is InChI=1S/C8H15NOS/c1-6(2)4-9-7(3)5-11-8(9)10/h6-7H,4-5H2,1-3H3. The van der Waals surface area contributed by atoms with E-state index in [1.165, 1.54) is 11.8 Å². The van der Waals surface area contributed by atoms with E-state index in [2.05, 4.69) is 20.8 Å². The smallest absolute Gasteiger partial charge is 0.281 e. The molecule has 1 unspecified atom stereocenters. The summed E-state index contributed by atoms with van der Waals surface area (Å²) in [6, 6.07) is 0.440. The van der Waals surface area contributed by atoms with Crippen LogP contribution < -0.4 is 0 Å². The molecule has 1 heterocycles. The maximum absolute atomic E-state index is 11.2. The Hall–Kier alpha value is -0.180. The first kappa shape index (κ1) is 8.91. The zero-order chi connectivity index (χ0) is 8.43. The van der Waals surface area contributed by atoms with Gasteiger partial charge in [0.05, 0.1) is 0 Å². The molecule has 1 fully saturated rings. The molecule has 2 nitrogen and oxygen atoms in total. The molecule has 11 heavy (non-hydrogen) atoms. The summed E-state index contributed by atoms with van der Waals surface area (Å²) in [6.07, 6.45) is 0. The highest BCUT2D eigenvalue weighted by Gasteiger charge is 2.28. The lowest BCUT2D eigenvalue weighted by Crippen LogP contribution is -2.33. The summed E-state index contributed by atoms with van der Waals surface area (Å²) in [7, 11) is 0.